The van der Waals surface area contributed by atoms with Crippen molar-refractivity contribution < 1.29 is 40.7 Å². The van der Waals surface area contributed by atoms with Gasteiger partial charge in [-0.3, -0.25) is 4.79 Å². The quantitative estimate of drug-likeness (QED) is 0.281. The second-order valence-corrected chi connectivity index (χ2v) is 6.20. The predicted molar refractivity (Wildman–Crippen MR) is 92.4 cm³/mol. The monoisotopic (exact) mass is 448 g/mol. The highest BCUT2D eigenvalue weighted by atomic mass is 35.5. The summed E-state index contributed by atoms with van der Waals surface area (Å²) in [4.78, 5) is 15.7. The summed E-state index contributed by atoms with van der Waals surface area (Å²) in [5, 5.41) is -0.404. The number of hydrogen-bond acceptors (Lipinski definition) is 6. The fourth-order valence-electron chi connectivity index (χ4n) is 2.23. The molecule has 0 saturated heterocycles. The molecule has 1 heterocycles. The lowest BCUT2D eigenvalue weighted by Crippen LogP contribution is -2.17. The Kier molecular flexibility index (Phi) is 5.92. The summed E-state index contributed by atoms with van der Waals surface area (Å²) in [6, 6.07) is 10.2. The van der Waals surface area contributed by atoms with E-state index in [9.17, 15) is 26.7 Å². The van der Waals surface area contributed by atoms with E-state index in [1.165, 1.54) is 36.4 Å². The second-order valence-electron chi connectivity index (χ2n) is 5.73. The van der Waals surface area contributed by atoms with Gasteiger partial charge in [0.1, 0.15) is 11.5 Å². The molecule has 0 bridgehead atoms. The first-order chi connectivity index (χ1) is 14.0. The zero-order valence-corrected chi connectivity index (χ0v) is 15.4. The Bertz CT molecular complexity index is 1010. The lowest BCUT2D eigenvalue weighted by Gasteiger charge is -2.10. The maximum Gasteiger partial charge on any atom is 0.573 e. The highest BCUT2D eigenvalue weighted by molar-refractivity contribution is 6.21. The van der Waals surface area contributed by atoms with Crippen LogP contribution in [0.5, 0.6) is 11.5 Å². The van der Waals surface area contributed by atoms with Crippen LogP contribution >= 0.6 is 11.6 Å². The van der Waals surface area contributed by atoms with Gasteiger partial charge in [0.05, 0.1) is 0 Å². The molecular formula is C18H10ClF5N2O4. The molecule has 30 heavy (non-hydrogen) atoms. The van der Waals surface area contributed by atoms with Gasteiger partial charge >= 0.3 is 17.6 Å². The van der Waals surface area contributed by atoms with E-state index in [4.69, 9.17) is 16.3 Å². The molecule has 0 aliphatic heterocycles. The van der Waals surface area contributed by atoms with Crippen LogP contribution in [0.4, 0.5) is 22.0 Å². The van der Waals surface area contributed by atoms with Crippen molar-refractivity contribution in [3.63, 3.8) is 0 Å². The van der Waals surface area contributed by atoms with Crippen LogP contribution in [-0.4, -0.2) is 28.9 Å². The predicted octanol–water partition coefficient (Wildman–Crippen LogP) is 5.19. The van der Waals surface area contributed by atoms with E-state index in [1.54, 1.807) is 0 Å². The third-order valence-electron chi connectivity index (χ3n) is 3.56. The molecular weight excluding hydrogens is 439 g/mol. The smallest absolute Gasteiger partial charge is 0.485 e. The van der Waals surface area contributed by atoms with Crippen LogP contribution in [0.2, 0.25) is 0 Å². The van der Waals surface area contributed by atoms with E-state index in [1.807, 2.05) is 0 Å². The zero-order chi connectivity index (χ0) is 21.9. The van der Waals surface area contributed by atoms with Crippen LogP contribution in [-0.2, 0) is 5.38 Å². The molecule has 2 aromatic carbocycles. The molecule has 3 aromatic rings. The van der Waals surface area contributed by atoms with Gasteiger partial charge in [0, 0.05) is 11.1 Å². The average molecular weight is 449 g/mol. The molecule has 3 rings (SSSR count). The van der Waals surface area contributed by atoms with Crippen LogP contribution in [0, 0.1) is 0 Å². The third kappa shape index (κ3) is 5.66. The highest BCUT2D eigenvalue weighted by Gasteiger charge is 2.35. The van der Waals surface area contributed by atoms with Gasteiger partial charge in [-0.25, -0.2) is 0 Å². The molecule has 6 nitrogen and oxygen atoms in total. The number of nitrogens with zero attached hydrogens (tertiary/aromatic N) is 2. The molecule has 158 valence electrons. The van der Waals surface area contributed by atoms with Crippen LogP contribution in [0.15, 0.2) is 53.1 Å². The molecule has 0 unspecified atom stereocenters. The zero-order valence-electron chi connectivity index (χ0n) is 14.6. The Morgan fingerprint density at radius 3 is 2.10 bits per heavy atom. The molecule has 0 aliphatic carbocycles. The average Bonchev–Trinajstić information content (AvgIpc) is 3.17. The van der Waals surface area contributed by atoms with Crippen molar-refractivity contribution in [1.82, 2.24) is 10.1 Å². The minimum Gasteiger partial charge on any atom is -0.485 e. The molecule has 1 aromatic heterocycles. The van der Waals surface area contributed by atoms with Gasteiger partial charge in [-0.2, -0.15) is 13.8 Å². The number of benzene rings is 2. The number of Topliss-reactive ketones (excluding diaryl/α,β-unsaturated/α-hetero) is 1. The number of carbonyl (C=O) groups is 1. The Balaban J connectivity index is 1.59. The van der Waals surface area contributed by atoms with Crippen LogP contribution < -0.4 is 9.47 Å². The number of ether oxygens (including phenoxy) is 2. The first-order valence-electron chi connectivity index (χ1n) is 8.04. The van der Waals surface area contributed by atoms with E-state index in [-0.39, 0.29) is 23.7 Å². The van der Waals surface area contributed by atoms with Crippen molar-refractivity contribution in [2.75, 3.05) is 6.61 Å². The van der Waals surface area contributed by atoms with Gasteiger partial charge < -0.3 is 14.0 Å². The summed E-state index contributed by atoms with van der Waals surface area (Å²) in [6.45, 7) is -0.385. The Morgan fingerprint density at radius 1 is 0.967 bits per heavy atom. The highest BCUT2D eigenvalue weighted by Crippen LogP contribution is 2.32. The summed E-state index contributed by atoms with van der Waals surface area (Å²) in [7, 11) is 0. The van der Waals surface area contributed by atoms with Crippen molar-refractivity contribution in [3.8, 4) is 22.9 Å². The lowest BCUT2D eigenvalue weighted by atomic mass is 10.1. The van der Waals surface area contributed by atoms with Gasteiger partial charge in [0.2, 0.25) is 5.82 Å². The van der Waals surface area contributed by atoms with Crippen molar-refractivity contribution in [1.29, 1.82) is 0 Å². The summed E-state index contributed by atoms with van der Waals surface area (Å²) in [5.41, 5.74) is 0.547. The van der Waals surface area contributed by atoms with E-state index >= 15 is 0 Å². The summed E-state index contributed by atoms with van der Waals surface area (Å²) in [5.74, 6) is -1.89. The summed E-state index contributed by atoms with van der Waals surface area (Å²) in [6.07, 6.45) is -4.81. The van der Waals surface area contributed by atoms with Crippen molar-refractivity contribution in [2.45, 2.75) is 11.7 Å². The standard InChI is InChI=1S/C18H10ClF5N2O4/c19-17(20,21)16-25-15(26-30-16)11-3-1-10(2-4-11)14(27)9-28-12-5-7-13(8-6-12)29-18(22,23)24/h1-8H,9H2. The van der Waals surface area contributed by atoms with Gasteiger partial charge in [-0.05, 0) is 35.9 Å². The largest absolute Gasteiger partial charge is 0.573 e. The lowest BCUT2D eigenvalue weighted by molar-refractivity contribution is -0.274. The third-order valence-corrected chi connectivity index (χ3v) is 3.72. The number of halogens is 6. The van der Waals surface area contributed by atoms with Crippen molar-refractivity contribution in [2.24, 2.45) is 0 Å². The van der Waals surface area contributed by atoms with Crippen LogP contribution in [0.3, 0.4) is 0 Å². The number of hydrogen-bond donors (Lipinski definition) is 0. The van der Waals surface area contributed by atoms with Gasteiger partial charge in [-0.1, -0.05) is 29.4 Å². The first-order valence-corrected chi connectivity index (χ1v) is 8.42. The topological polar surface area (TPSA) is 74.5 Å². The van der Waals surface area contributed by atoms with Gasteiger partial charge in [0.25, 0.3) is 0 Å². The molecule has 0 atom stereocenters. The minimum absolute atomic E-state index is 0.137. The molecule has 0 fully saturated rings. The summed E-state index contributed by atoms with van der Waals surface area (Å²) < 4.78 is 75.6. The maximum atomic E-state index is 12.9. The number of alkyl halides is 6. The fraction of sp³-hybridized carbons (Fsp3) is 0.167. The first kappa shape index (κ1) is 21.5. The Hall–Kier alpha value is -3.21. The molecule has 0 amide bonds. The molecule has 0 spiro atoms. The van der Waals surface area contributed by atoms with Crippen LogP contribution in [0.1, 0.15) is 16.2 Å². The van der Waals surface area contributed by atoms with Crippen molar-refractivity contribution >= 4 is 17.4 Å². The maximum absolute atomic E-state index is 12.9. The van der Waals surface area contributed by atoms with E-state index in [0.29, 0.717) is 5.56 Å². The van der Waals surface area contributed by atoms with Crippen molar-refractivity contribution in [3.05, 3.63) is 60.0 Å². The number of carbonyl (C=O) groups excluding carboxylic acids is 1. The van der Waals surface area contributed by atoms with E-state index < -0.39 is 29.2 Å². The minimum atomic E-state index is -4.81. The van der Waals surface area contributed by atoms with Crippen LogP contribution in [0.25, 0.3) is 11.4 Å². The second kappa shape index (κ2) is 8.27. The SMILES string of the molecule is O=C(COc1ccc(OC(F)(F)F)cc1)c1ccc(-c2noc(C(F)(F)Cl)n2)cc1. The molecule has 0 radical (unpaired) electrons. The molecule has 0 N–H and O–H groups in total. The van der Waals surface area contributed by atoms with E-state index in [2.05, 4.69) is 19.4 Å². The molecule has 0 aliphatic rings. The Labute approximate surface area is 170 Å². The fourth-order valence-corrected chi connectivity index (χ4v) is 2.31. The van der Waals surface area contributed by atoms with E-state index in [0.717, 1.165) is 12.1 Å². The van der Waals surface area contributed by atoms with Gasteiger partial charge in [0.15, 0.2) is 12.4 Å². The van der Waals surface area contributed by atoms with Gasteiger partial charge in [-0.15, -0.1) is 13.2 Å². The number of rotatable bonds is 7. The normalized spacial score (nSPS) is 11.9. The molecule has 0 saturated carbocycles. The number of ketones is 1. The molecule has 12 heteroatoms. The number of aromatic nitrogens is 2. The summed E-state index contributed by atoms with van der Waals surface area (Å²) >= 11 is 4.80. The Morgan fingerprint density at radius 2 is 1.57 bits per heavy atom.